The molecule has 1 atom stereocenters. The van der Waals surface area contributed by atoms with Gasteiger partial charge in [0.2, 0.25) is 0 Å². The highest BCUT2D eigenvalue weighted by atomic mass is 32.1. The SMILES string of the molecule is CC(N=C(N)N)C(=O)O.c1ccsc1. The van der Waals surface area contributed by atoms with E-state index in [0.29, 0.717) is 0 Å². The number of carboxylic acid groups (broad SMARTS) is 1. The van der Waals surface area contributed by atoms with E-state index in [1.165, 1.54) is 6.92 Å². The number of hydrogen-bond donors (Lipinski definition) is 3. The fraction of sp³-hybridized carbons (Fsp3) is 0.250. The molecule has 0 spiro atoms. The summed E-state index contributed by atoms with van der Waals surface area (Å²) in [6, 6.07) is 3.19. The zero-order chi connectivity index (χ0) is 11.0. The van der Waals surface area contributed by atoms with Crippen LogP contribution in [-0.4, -0.2) is 23.1 Å². The van der Waals surface area contributed by atoms with E-state index in [1.54, 1.807) is 11.3 Å². The molecule has 0 aliphatic heterocycles. The molecule has 0 fully saturated rings. The molecule has 5 N–H and O–H groups in total. The first-order chi connectivity index (χ1) is 6.54. The van der Waals surface area contributed by atoms with Crippen LogP contribution in [0, 0.1) is 0 Å². The van der Waals surface area contributed by atoms with Crippen molar-refractivity contribution in [2.45, 2.75) is 13.0 Å². The lowest BCUT2D eigenvalue weighted by atomic mass is 10.4. The molecule has 0 radical (unpaired) electrons. The summed E-state index contributed by atoms with van der Waals surface area (Å²) in [7, 11) is 0. The maximum atomic E-state index is 10.0. The van der Waals surface area contributed by atoms with Crippen molar-refractivity contribution in [2.24, 2.45) is 16.5 Å². The summed E-state index contributed by atoms with van der Waals surface area (Å²) in [5, 5.41) is 12.3. The zero-order valence-corrected chi connectivity index (χ0v) is 8.57. The van der Waals surface area contributed by atoms with Crippen molar-refractivity contribution in [3.05, 3.63) is 22.9 Å². The topological polar surface area (TPSA) is 102 Å². The van der Waals surface area contributed by atoms with Gasteiger partial charge < -0.3 is 16.6 Å². The Labute approximate surface area is 86.1 Å². The van der Waals surface area contributed by atoms with Crippen molar-refractivity contribution in [3.63, 3.8) is 0 Å². The van der Waals surface area contributed by atoms with Gasteiger partial charge in [0, 0.05) is 0 Å². The maximum absolute atomic E-state index is 10.0. The summed E-state index contributed by atoms with van der Waals surface area (Å²) in [6.45, 7) is 1.39. The lowest BCUT2D eigenvalue weighted by molar-refractivity contribution is -0.137. The average Bonchev–Trinajstić information content (AvgIpc) is 2.59. The van der Waals surface area contributed by atoms with Gasteiger partial charge in [0.05, 0.1) is 0 Å². The molecule has 0 saturated carbocycles. The molecular formula is C8H13N3O2S. The normalized spacial score (nSPS) is 10.6. The summed E-state index contributed by atoms with van der Waals surface area (Å²) in [5.74, 6) is -1.24. The fourth-order valence-electron chi connectivity index (χ4n) is 0.506. The first-order valence-electron chi connectivity index (χ1n) is 3.82. The third kappa shape index (κ3) is 7.11. The van der Waals surface area contributed by atoms with Gasteiger partial charge >= 0.3 is 5.97 Å². The summed E-state index contributed by atoms with van der Waals surface area (Å²) in [6.07, 6.45) is 0. The quantitative estimate of drug-likeness (QED) is 0.493. The molecule has 1 rings (SSSR count). The number of thiophene rings is 1. The lowest BCUT2D eigenvalue weighted by Crippen LogP contribution is -2.27. The standard InChI is InChI=1S/C4H9N3O2.C4H4S/c1-2(3(8)9)7-4(5)6;1-2-4-5-3-1/h2H,1H3,(H,8,9)(H4,5,6,7);1-4H. The maximum Gasteiger partial charge on any atom is 0.328 e. The van der Waals surface area contributed by atoms with Crippen LogP contribution in [0.1, 0.15) is 6.92 Å². The van der Waals surface area contributed by atoms with Gasteiger partial charge in [0.25, 0.3) is 0 Å². The predicted molar refractivity (Wildman–Crippen MR) is 57.2 cm³/mol. The molecular weight excluding hydrogens is 202 g/mol. The Bertz CT molecular complexity index is 264. The van der Waals surface area contributed by atoms with E-state index in [9.17, 15) is 4.79 Å². The van der Waals surface area contributed by atoms with Crippen LogP contribution in [0.4, 0.5) is 0 Å². The molecule has 0 bridgehead atoms. The number of carbonyl (C=O) groups is 1. The molecule has 0 saturated heterocycles. The third-order valence-electron chi connectivity index (χ3n) is 1.13. The van der Waals surface area contributed by atoms with Crippen LogP contribution in [0.15, 0.2) is 27.9 Å². The van der Waals surface area contributed by atoms with E-state index in [1.807, 2.05) is 22.9 Å². The van der Waals surface area contributed by atoms with Crippen LogP contribution in [-0.2, 0) is 4.79 Å². The highest BCUT2D eigenvalue weighted by Gasteiger charge is 2.07. The van der Waals surface area contributed by atoms with E-state index in [-0.39, 0.29) is 5.96 Å². The van der Waals surface area contributed by atoms with Crippen LogP contribution >= 0.6 is 11.3 Å². The smallest absolute Gasteiger partial charge is 0.328 e. The number of rotatable bonds is 2. The van der Waals surface area contributed by atoms with Gasteiger partial charge in [-0.15, -0.1) is 0 Å². The minimum atomic E-state index is -1.04. The highest BCUT2D eigenvalue weighted by molar-refractivity contribution is 7.07. The molecule has 0 aliphatic carbocycles. The van der Waals surface area contributed by atoms with Crippen molar-refractivity contribution in [3.8, 4) is 0 Å². The summed E-state index contributed by atoms with van der Waals surface area (Å²) < 4.78 is 0. The average molecular weight is 215 g/mol. The third-order valence-corrected chi connectivity index (χ3v) is 1.75. The monoisotopic (exact) mass is 215 g/mol. The van der Waals surface area contributed by atoms with Gasteiger partial charge in [0.1, 0.15) is 6.04 Å². The fourth-order valence-corrected chi connectivity index (χ4v) is 0.959. The summed E-state index contributed by atoms with van der Waals surface area (Å²) in [5.41, 5.74) is 9.79. The first kappa shape index (κ1) is 12.4. The number of hydrogen-bond acceptors (Lipinski definition) is 3. The Morgan fingerprint density at radius 3 is 2.07 bits per heavy atom. The van der Waals surface area contributed by atoms with Crippen molar-refractivity contribution < 1.29 is 9.90 Å². The Morgan fingerprint density at radius 2 is 1.93 bits per heavy atom. The Hall–Kier alpha value is -1.56. The molecule has 5 nitrogen and oxygen atoms in total. The number of nitrogens with two attached hydrogens (primary N) is 2. The van der Waals surface area contributed by atoms with Crippen LogP contribution in [0.5, 0.6) is 0 Å². The molecule has 0 aromatic carbocycles. The summed E-state index contributed by atoms with van der Waals surface area (Å²) >= 11 is 1.71. The molecule has 1 aromatic heterocycles. The molecule has 0 aliphatic rings. The molecule has 1 unspecified atom stereocenters. The molecule has 1 aromatic rings. The Kier molecular flexibility index (Phi) is 6.13. The van der Waals surface area contributed by atoms with Crippen molar-refractivity contribution in [1.29, 1.82) is 0 Å². The van der Waals surface area contributed by atoms with Crippen LogP contribution in [0.2, 0.25) is 0 Å². The van der Waals surface area contributed by atoms with Gasteiger partial charge in [-0.3, -0.25) is 0 Å². The van der Waals surface area contributed by atoms with E-state index < -0.39 is 12.0 Å². The minimum Gasteiger partial charge on any atom is -0.480 e. The van der Waals surface area contributed by atoms with Gasteiger partial charge in [-0.25, -0.2) is 9.79 Å². The number of aliphatic imine (C=N–C) groups is 1. The van der Waals surface area contributed by atoms with E-state index >= 15 is 0 Å². The molecule has 14 heavy (non-hydrogen) atoms. The number of carboxylic acids is 1. The van der Waals surface area contributed by atoms with E-state index in [0.717, 1.165) is 0 Å². The predicted octanol–water partition coefficient (Wildman–Crippen LogP) is 0.481. The Morgan fingerprint density at radius 1 is 1.43 bits per heavy atom. The second-order valence-corrected chi connectivity index (χ2v) is 3.18. The van der Waals surface area contributed by atoms with Crippen molar-refractivity contribution in [1.82, 2.24) is 0 Å². The number of nitrogens with zero attached hydrogens (tertiary/aromatic N) is 1. The lowest BCUT2D eigenvalue weighted by Gasteiger charge is -1.97. The zero-order valence-electron chi connectivity index (χ0n) is 7.75. The summed E-state index contributed by atoms with van der Waals surface area (Å²) in [4.78, 5) is 13.4. The molecule has 6 heteroatoms. The molecule has 0 amide bonds. The van der Waals surface area contributed by atoms with E-state index in [4.69, 9.17) is 16.6 Å². The van der Waals surface area contributed by atoms with Crippen molar-refractivity contribution >= 4 is 23.3 Å². The van der Waals surface area contributed by atoms with E-state index in [2.05, 4.69) is 4.99 Å². The Balaban J connectivity index is 0.000000280. The van der Waals surface area contributed by atoms with Gasteiger partial charge in [0.15, 0.2) is 5.96 Å². The highest BCUT2D eigenvalue weighted by Crippen LogP contribution is 1.91. The first-order valence-corrected chi connectivity index (χ1v) is 4.77. The van der Waals surface area contributed by atoms with Gasteiger partial charge in [-0.1, -0.05) is 12.1 Å². The second kappa shape index (κ2) is 6.90. The van der Waals surface area contributed by atoms with Gasteiger partial charge in [-0.2, -0.15) is 11.3 Å². The molecule has 1 heterocycles. The second-order valence-electron chi connectivity index (χ2n) is 2.36. The van der Waals surface area contributed by atoms with Gasteiger partial charge in [-0.05, 0) is 17.7 Å². The largest absolute Gasteiger partial charge is 0.480 e. The number of aliphatic carboxylic acids is 1. The molecule has 78 valence electrons. The van der Waals surface area contributed by atoms with Crippen LogP contribution in [0.3, 0.4) is 0 Å². The van der Waals surface area contributed by atoms with Crippen molar-refractivity contribution in [2.75, 3.05) is 0 Å². The van der Waals surface area contributed by atoms with Crippen LogP contribution in [0.25, 0.3) is 0 Å². The minimum absolute atomic E-state index is 0.204. The number of guanidine groups is 1. The van der Waals surface area contributed by atoms with Crippen LogP contribution < -0.4 is 11.5 Å².